The van der Waals surface area contributed by atoms with E-state index < -0.39 is 5.54 Å². The molecule has 0 bridgehead atoms. The van der Waals surface area contributed by atoms with Crippen LogP contribution in [0.1, 0.15) is 39.5 Å². The maximum absolute atomic E-state index is 11.8. The first-order chi connectivity index (χ1) is 7.40. The van der Waals surface area contributed by atoms with Crippen LogP contribution in [-0.4, -0.2) is 31.7 Å². The van der Waals surface area contributed by atoms with Crippen LogP contribution in [0.3, 0.4) is 0 Å². The van der Waals surface area contributed by atoms with E-state index in [0.717, 1.165) is 32.3 Å². The third-order valence-electron chi connectivity index (χ3n) is 3.41. The SMILES string of the molecule is COCCC(C)(C)CNC(=O)C1(N)CCC1. The molecule has 0 atom stereocenters. The highest BCUT2D eigenvalue weighted by Crippen LogP contribution is 2.29. The molecule has 94 valence electrons. The summed E-state index contributed by atoms with van der Waals surface area (Å²) in [6, 6.07) is 0. The Labute approximate surface area is 97.9 Å². The van der Waals surface area contributed by atoms with E-state index in [1.807, 2.05) is 0 Å². The van der Waals surface area contributed by atoms with Crippen molar-refractivity contribution in [2.75, 3.05) is 20.3 Å². The lowest BCUT2D eigenvalue weighted by Gasteiger charge is -2.37. The second kappa shape index (κ2) is 5.15. The van der Waals surface area contributed by atoms with Gasteiger partial charge in [0, 0.05) is 20.3 Å². The molecular weight excluding hydrogens is 204 g/mol. The molecule has 16 heavy (non-hydrogen) atoms. The molecule has 4 nitrogen and oxygen atoms in total. The van der Waals surface area contributed by atoms with Crippen molar-refractivity contribution >= 4 is 5.91 Å². The number of hydrogen-bond acceptors (Lipinski definition) is 3. The minimum absolute atomic E-state index is 0.00393. The predicted molar refractivity (Wildman–Crippen MR) is 64.1 cm³/mol. The first kappa shape index (κ1) is 13.5. The number of rotatable bonds is 6. The molecular formula is C12H24N2O2. The van der Waals surface area contributed by atoms with Gasteiger partial charge in [-0.1, -0.05) is 13.8 Å². The van der Waals surface area contributed by atoms with Gasteiger partial charge in [0.05, 0.1) is 5.54 Å². The molecule has 0 spiro atoms. The molecule has 0 aromatic rings. The summed E-state index contributed by atoms with van der Waals surface area (Å²) in [4.78, 5) is 11.8. The fourth-order valence-corrected chi connectivity index (χ4v) is 1.75. The molecule has 1 rings (SSSR count). The minimum atomic E-state index is -0.586. The van der Waals surface area contributed by atoms with E-state index in [0.29, 0.717) is 6.54 Å². The van der Waals surface area contributed by atoms with Crippen molar-refractivity contribution in [2.45, 2.75) is 45.1 Å². The summed E-state index contributed by atoms with van der Waals surface area (Å²) >= 11 is 0. The van der Waals surface area contributed by atoms with Gasteiger partial charge >= 0.3 is 0 Å². The van der Waals surface area contributed by atoms with Crippen LogP contribution in [-0.2, 0) is 9.53 Å². The van der Waals surface area contributed by atoms with Gasteiger partial charge in [0.15, 0.2) is 0 Å². The number of carbonyl (C=O) groups is 1. The van der Waals surface area contributed by atoms with Crippen LogP contribution in [0.2, 0.25) is 0 Å². The Kier molecular flexibility index (Phi) is 4.33. The topological polar surface area (TPSA) is 64.3 Å². The summed E-state index contributed by atoms with van der Waals surface area (Å²) in [5, 5.41) is 2.95. The standard InChI is InChI=1S/C12H24N2O2/c1-11(2,7-8-16-3)9-14-10(15)12(13)5-4-6-12/h4-9,13H2,1-3H3,(H,14,15). The Morgan fingerprint density at radius 1 is 1.50 bits per heavy atom. The second-order valence-electron chi connectivity index (χ2n) is 5.60. The lowest BCUT2D eigenvalue weighted by Crippen LogP contribution is -2.59. The molecule has 0 aromatic carbocycles. The molecule has 4 heteroatoms. The first-order valence-corrected chi connectivity index (χ1v) is 5.96. The molecule has 3 N–H and O–H groups in total. The number of ether oxygens (including phenoxy) is 1. The maximum atomic E-state index is 11.8. The zero-order valence-electron chi connectivity index (χ0n) is 10.6. The van der Waals surface area contributed by atoms with Gasteiger partial charge in [-0.3, -0.25) is 4.79 Å². The van der Waals surface area contributed by atoms with E-state index in [2.05, 4.69) is 19.2 Å². The van der Waals surface area contributed by atoms with E-state index in [-0.39, 0.29) is 11.3 Å². The van der Waals surface area contributed by atoms with Crippen LogP contribution < -0.4 is 11.1 Å². The number of nitrogens with one attached hydrogen (secondary N) is 1. The molecule has 1 saturated carbocycles. The average Bonchev–Trinajstić information content (AvgIpc) is 2.20. The van der Waals surface area contributed by atoms with E-state index in [1.54, 1.807) is 7.11 Å². The number of hydrogen-bond donors (Lipinski definition) is 2. The van der Waals surface area contributed by atoms with Gasteiger partial charge in [0.25, 0.3) is 0 Å². The van der Waals surface area contributed by atoms with E-state index in [4.69, 9.17) is 10.5 Å². The highest BCUT2D eigenvalue weighted by Gasteiger charge is 2.40. The first-order valence-electron chi connectivity index (χ1n) is 5.96. The van der Waals surface area contributed by atoms with Crippen molar-refractivity contribution in [3.8, 4) is 0 Å². The minimum Gasteiger partial charge on any atom is -0.385 e. The van der Waals surface area contributed by atoms with Gasteiger partial charge in [-0.15, -0.1) is 0 Å². The second-order valence-corrected chi connectivity index (χ2v) is 5.60. The van der Waals surface area contributed by atoms with Crippen LogP contribution in [0.15, 0.2) is 0 Å². The molecule has 0 saturated heterocycles. The highest BCUT2D eigenvalue weighted by atomic mass is 16.5. The van der Waals surface area contributed by atoms with Crippen LogP contribution in [0.4, 0.5) is 0 Å². The molecule has 0 aliphatic heterocycles. The Balaban J connectivity index is 2.30. The average molecular weight is 228 g/mol. The van der Waals surface area contributed by atoms with E-state index in [1.165, 1.54) is 0 Å². The van der Waals surface area contributed by atoms with Crippen LogP contribution in [0.5, 0.6) is 0 Å². The molecule has 1 fully saturated rings. The zero-order chi connectivity index (χ0) is 12.2. The molecule has 0 radical (unpaired) electrons. The third kappa shape index (κ3) is 3.46. The highest BCUT2D eigenvalue weighted by molar-refractivity contribution is 5.87. The zero-order valence-corrected chi connectivity index (χ0v) is 10.6. The van der Waals surface area contributed by atoms with Gasteiger partial charge in [0.2, 0.25) is 5.91 Å². The molecule has 1 amide bonds. The van der Waals surface area contributed by atoms with Gasteiger partial charge < -0.3 is 15.8 Å². The Bertz CT molecular complexity index is 247. The van der Waals surface area contributed by atoms with Crippen molar-refractivity contribution in [2.24, 2.45) is 11.1 Å². The summed E-state index contributed by atoms with van der Waals surface area (Å²) in [6.45, 7) is 5.62. The summed E-state index contributed by atoms with van der Waals surface area (Å²) < 4.78 is 5.05. The largest absolute Gasteiger partial charge is 0.385 e. The number of nitrogens with two attached hydrogens (primary N) is 1. The molecule has 1 aliphatic carbocycles. The smallest absolute Gasteiger partial charge is 0.240 e. The fourth-order valence-electron chi connectivity index (χ4n) is 1.75. The van der Waals surface area contributed by atoms with Crippen molar-refractivity contribution in [1.29, 1.82) is 0 Å². The summed E-state index contributed by atoms with van der Waals surface area (Å²) in [5.74, 6) is 0.00393. The molecule has 0 heterocycles. The van der Waals surface area contributed by atoms with Crippen LogP contribution >= 0.6 is 0 Å². The van der Waals surface area contributed by atoms with Gasteiger partial charge in [-0.2, -0.15) is 0 Å². The lowest BCUT2D eigenvalue weighted by molar-refractivity contribution is -0.129. The fraction of sp³-hybridized carbons (Fsp3) is 0.917. The summed E-state index contributed by atoms with van der Waals surface area (Å²) in [5.41, 5.74) is 5.41. The van der Waals surface area contributed by atoms with E-state index >= 15 is 0 Å². The number of carbonyl (C=O) groups excluding carboxylic acids is 1. The van der Waals surface area contributed by atoms with Gasteiger partial charge in [-0.25, -0.2) is 0 Å². The normalized spacial score (nSPS) is 19.0. The van der Waals surface area contributed by atoms with Gasteiger partial charge in [0.1, 0.15) is 0 Å². The predicted octanol–water partition coefficient (Wildman–Crippen LogP) is 1.05. The number of methoxy groups -OCH3 is 1. The Morgan fingerprint density at radius 2 is 2.12 bits per heavy atom. The molecule has 0 unspecified atom stereocenters. The summed E-state index contributed by atoms with van der Waals surface area (Å²) in [6.07, 6.45) is 3.63. The monoisotopic (exact) mass is 228 g/mol. The molecule has 0 aromatic heterocycles. The van der Waals surface area contributed by atoms with Crippen molar-refractivity contribution < 1.29 is 9.53 Å². The van der Waals surface area contributed by atoms with Crippen LogP contribution in [0.25, 0.3) is 0 Å². The van der Waals surface area contributed by atoms with Crippen molar-refractivity contribution in [1.82, 2.24) is 5.32 Å². The number of amides is 1. The van der Waals surface area contributed by atoms with Gasteiger partial charge in [-0.05, 0) is 31.1 Å². The van der Waals surface area contributed by atoms with Crippen molar-refractivity contribution in [3.63, 3.8) is 0 Å². The lowest BCUT2D eigenvalue weighted by atomic mass is 9.77. The maximum Gasteiger partial charge on any atom is 0.240 e. The quantitative estimate of drug-likeness (QED) is 0.714. The Hall–Kier alpha value is -0.610. The molecule has 1 aliphatic rings. The Morgan fingerprint density at radius 3 is 2.56 bits per heavy atom. The summed E-state index contributed by atoms with van der Waals surface area (Å²) in [7, 11) is 1.69. The van der Waals surface area contributed by atoms with E-state index in [9.17, 15) is 4.79 Å². The van der Waals surface area contributed by atoms with Crippen LogP contribution in [0, 0.1) is 5.41 Å². The van der Waals surface area contributed by atoms with Crippen molar-refractivity contribution in [3.05, 3.63) is 0 Å². The third-order valence-corrected chi connectivity index (χ3v) is 3.41.